The summed E-state index contributed by atoms with van der Waals surface area (Å²) in [6.45, 7) is 4.06. The molecule has 1 aromatic heterocycles. The van der Waals surface area contributed by atoms with Crippen LogP contribution < -0.4 is 4.72 Å². The minimum absolute atomic E-state index is 0.155. The lowest BCUT2D eigenvalue weighted by Gasteiger charge is -2.13. The van der Waals surface area contributed by atoms with Crippen molar-refractivity contribution in [3.8, 4) is 5.69 Å². The summed E-state index contributed by atoms with van der Waals surface area (Å²) in [6, 6.07) is 7.86. The van der Waals surface area contributed by atoms with Gasteiger partial charge in [-0.3, -0.25) is 0 Å². The van der Waals surface area contributed by atoms with Crippen molar-refractivity contribution in [2.75, 3.05) is 6.26 Å². The van der Waals surface area contributed by atoms with Crippen molar-refractivity contribution >= 4 is 26.0 Å². The lowest BCUT2D eigenvalue weighted by atomic mass is 9.96. The Morgan fingerprint density at radius 1 is 1.29 bits per heavy atom. The molecule has 0 amide bonds. The van der Waals surface area contributed by atoms with Crippen molar-refractivity contribution < 1.29 is 8.42 Å². The van der Waals surface area contributed by atoms with E-state index < -0.39 is 10.0 Å². The van der Waals surface area contributed by atoms with E-state index in [4.69, 9.17) is 0 Å². The second-order valence-electron chi connectivity index (χ2n) is 6.20. The SMILES string of the molecule is Cc1nn(-c2cccc(Br)c2)c(C)c1C1C=CC(NS(C)(=O)=O)C1. The Bertz CT molecular complexity index is 903. The molecule has 0 fully saturated rings. The summed E-state index contributed by atoms with van der Waals surface area (Å²) in [5.74, 6) is 0.171. The van der Waals surface area contributed by atoms with Crippen molar-refractivity contribution in [3.05, 3.63) is 57.8 Å². The van der Waals surface area contributed by atoms with Gasteiger partial charge < -0.3 is 0 Å². The average Bonchev–Trinajstić information content (AvgIpc) is 3.01. The van der Waals surface area contributed by atoms with Crippen LogP contribution in [0.15, 0.2) is 40.9 Å². The molecule has 0 spiro atoms. The average molecular weight is 410 g/mol. The molecule has 1 N–H and O–H groups in total. The predicted molar refractivity (Wildman–Crippen MR) is 99.0 cm³/mol. The maximum absolute atomic E-state index is 11.4. The third-order valence-electron chi connectivity index (χ3n) is 4.22. The zero-order chi connectivity index (χ0) is 17.5. The summed E-state index contributed by atoms with van der Waals surface area (Å²) in [5, 5.41) is 4.69. The smallest absolute Gasteiger partial charge is 0.209 e. The summed E-state index contributed by atoms with van der Waals surface area (Å²) in [6.07, 6.45) is 5.92. The molecule has 1 aromatic carbocycles. The first-order valence-corrected chi connectivity index (χ1v) is 10.4. The Hall–Kier alpha value is -1.44. The van der Waals surface area contributed by atoms with Crippen LogP contribution in [0.4, 0.5) is 0 Å². The highest BCUT2D eigenvalue weighted by molar-refractivity contribution is 9.10. The quantitative estimate of drug-likeness (QED) is 0.788. The maximum atomic E-state index is 11.4. The first kappa shape index (κ1) is 17.4. The molecule has 0 saturated heterocycles. The van der Waals surface area contributed by atoms with E-state index in [9.17, 15) is 8.42 Å². The number of nitrogens with zero attached hydrogens (tertiary/aromatic N) is 2. The standard InChI is InChI=1S/C17H20BrN3O2S/c1-11-17(13-7-8-15(9-13)20-24(3,22)23)12(2)21(19-11)16-6-4-5-14(18)10-16/h4-8,10,13,15,20H,9H2,1-3H3. The zero-order valence-electron chi connectivity index (χ0n) is 13.8. The molecule has 1 aliphatic rings. The van der Waals surface area contributed by atoms with Gasteiger partial charge in [0.2, 0.25) is 10.0 Å². The van der Waals surface area contributed by atoms with Crippen LogP contribution in [0.5, 0.6) is 0 Å². The van der Waals surface area contributed by atoms with Crippen molar-refractivity contribution in [2.45, 2.75) is 32.2 Å². The first-order chi connectivity index (χ1) is 11.2. The molecule has 5 nitrogen and oxygen atoms in total. The molecular weight excluding hydrogens is 390 g/mol. The van der Waals surface area contributed by atoms with Gasteiger partial charge in [0, 0.05) is 27.7 Å². The van der Waals surface area contributed by atoms with Crippen LogP contribution in [-0.4, -0.2) is 30.5 Å². The molecule has 3 rings (SSSR count). The van der Waals surface area contributed by atoms with E-state index in [-0.39, 0.29) is 12.0 Å². The summed E-state index contributed by atoms with van der Waals surface area (Å²) in [5.41, 5.74) is 4.23. The molecule has 2 unspecified atom stereocenters. The second-order valence-corrected chi connectivity index (χ2v) is 8.90. The Balaban J connectivity index is 1.90. The highest BCUT2D eigenvalue weighted by Gasteiger charge is 2.27. The van der Waals surface area contributed by atoms with Gasteiger partial charge in [-0.25, -0.2) is 17.8 Å². The number of sulfonamides is 1. The number of rotatable bonds is 4. The minimum atomic E-state index is -3.20. The Morgan fingerprint density at radius 3 is 2.71 bits per heavy atom. The number of hydrogen-bond acceptors (Lipinski definition) is 3. The third kappa shape index (κ3) is 3.63. The topological polar surface area (TPSA) is 64.0 Å². The lowest BCUT2D eigenvalue weighted by Crippen LogP contribution is -2.31. The van der Waals surface area contributed by atoms with Crippen LogP contribution in [0, 0.1) is 13.8 Å². The van der Waals surface area contributed by atoms with Gasteiger partial charge in [0.15, 0.2) is 0 Å². The molecule has 24 heavy (non-hydrogen) atoms. The van der Waals surface area contributed by atoms with Gasteiger partial charge in [-0.2, -0.15) is 5.10 Å². The normalized spacial score (nSPS) is 20.7. The van der Waals surface area contributed by atoms with Crippen LogP contribution >= 0.6 is 15.9 Å². The number of benzene rings is 1. The van der Waals surface area contributed by atoms with Gasteiger partial charge in [0.1, 0.15) is 0 Å². The Labute approximate surface area is 150 Å². The fourth-order valence-corrected chi connectivity index (χ4v) is 4.44. The van der Waals surface area contributed by atoms with Crippen LogP contribution in [0.2, 0.25) is 0 Å². The van der Waals surface area contributed by atoms with E-state index in [0.717, 1.165) is 28.0 Å². The molecule has 0 saturated carbocycles. The van der Waals surface area contributed by atoms with E-state index in [1.807, 2.05) is 41.9 Å². The molecule has 0 aliphatic heterocycles. The number of hydrogen-bond donors (Lipinski definition) is 1. The van der Waals surface area contributed by atoms with E-state index in [1.54, 1.807) is 0 Å². The van der Waals surface area contributed by atoms with Crippen molar-refractivity contribution in [3.63, 3.8) is 0 Å². The summed E-state index contributed by atoms with van der Waals surface area (Å²) in [7, 11) is -3.20. The van der Waals surface area contributed by atoms with E-state index in [2.05, 4.69) is 38.8 Å². The third-order valence-corrected chi connectivity index (χ3v) is 5.44. The Morgan fingerprint density at radius 2 is 2.04 bits per heavy atom. The summed E-state index contributed by atoms with van der Waals surface area (Å²) in [4.78, 5) is 0. The van der Waals surface area contributed by atoms with Gasteiger partial charge in [-0.1, -0.05) is 34.1 Å². The number of allylic oxidation sites excluding steroid dienone is 1. The van der Waals surface area contributed by atoms with Crippen LogP contribution in [-0.2, 0) is 10.0 Å². The largest absolute Gasteiger partial charge is 0.238 e. The van der Waals surface area contributed by atoms with Gasteiger partial charge in [0.25, 0.3) is 0 Å². The zero-order valence-corrected chi connectivity index (χ0v) is 16.2. The molecule has 7 heteroatoms. The molecule has 2 atom stereocenters. The fraction of sp³-hybridized carbons (Fsp3) is 0.353. The highest BCUT2D eigenvalue weighted by Crippen LogP contribution is 2.34. The molecule has 2 aromatic rings. The monoisotopic (exact) mass is 409 g/mol. The van der Waals surface area contributed by atoms with Crippen molar-refractivity contribution in [1.82, 2.24) is 14.5 Å². The molecule has 0 bridgehead atoms. The van der Waals surface area contributed by atoms with Crippen molar-refractivity contribution in [2.24, 2.45) is 0 Å². The number of aromatic nitrogens is 2. The maximum Gasteiger partial charge on any atom is 0.209 e. The highest BCUT2D eigenvalue weighted by atomic mass is 79.9. The molecule has 128 valence electrons. The Kier molecular flexibility index (Phi) is 4.68. The van der Waals surface area contributed by atoms with Crippen molar-refractivity contribution in [1.29, 1.82) is 0 Å². The summed E-state index contributed by atoms with van der Waals surface area (Å²) < 4.78 is 28.4. The molecule has 1 heterocycles. The van der Waals surface area contributed by atoms with E-state index in [1.165, 1.54) is 11.8 Å². The molecule has 0 radical (unpaired) electrons. The predicted octanol–water partition coefficient (Wildman–Crippen LogP) is 3.21. The lowest BCUT2D eigenvalue weighted by molar-refractivity contribution is 0.569. The van der Waals surface area contributed by atoms with Crippen LogP contribution in [0.1, 0.15) is 29.3 Å². The van der Waals surface area contributed by atoms with Crippen LogP contribution in [0.25, 0.3) is 5.69 Å². The second kappa shape index (κ2) is 6.46. The van der Waals surface area contributed by atoms with E-state index in [0.29, 0.717) is 0 Å². The van der Waals surface area contributed by atoms with Gasteiger partial charge in [0.05, 0.1) is 17.6 Å². The molecular formula is C17H20BrN3O2S. The minimum Gasteiger partial charge on any atom is -0.238 e. The van der Waals surface area contributed by atoms with Crippen LogP contribution in [0.3, 0.4) is 0 Å². The fourth-order valence-electron chi connectivity index (χ4n) is 3.33. The number of halogens is 1. The van der Waals surface area contributed by atoms with E-state index >= 15 is 0 Å². The van der Waals surface area contributed by atoms with Gasteiger partial charge >= 0.3 is 0 Å². The van der Waals surface area contributed by atoms with Gasteiger partial charge in [-0.15, -0.1) is 0 Å². The van der Waals surface area contributed by atoms with Gasteiger partial charge in [-0.05, 0) is 38.5 Å². The summed E-state index contributed by atoms with van der Waals surface area (Å²) >= 11 is 3.49. The number of aryl methyl sites for hydroxylation is 1. The molecule has 1 aliphatic carbocycles. The first-order valence-electron chi connectivity index (χ1n) is 7.72. The number of nitrogens with one attached hydrogen (secondary N) is 1.